The van der Waals surface area contributed by atoms with E-state index in [1.54, 1.807) is 11.1 Å². The number of aliphatic hydroxyl groups is 1. The van der Waals surface area contributed by atoms with Gasteiger partial charge in [0.1, 0.15) is 0 Å². The molecule has 0 amide bonds. The maximum Gasteiger partial charge on any atom is 0.0681 e. The molecule has 2 nitrogen and oxygen atoms in total. The average Bonchev–Trinajstić information content (AvgIpc) is 3.29. The second-order valence-electron chi connectivity index (χ2n) is 7.18. The molecule has 2 heteroatoms. The molecule has 1 aromatic heterocycles. The van der Waals surface area contributed by atoms with Crippen molar-refractivity contribution in [3.63, 3.8) is 0 Å². The maximum atomic E-state index is 9.27. The van der Waals surface area contributed by atoms with Crippen molar-refractivity contribution in [3.05, 3.63) is 59.3 Å². The molecule has 2 aliphatic carbocycles. The highest BCUT2D eigenvalue weighted by Crippen LogP contribution is 2.56. The van der Waals surface area contributed by atoms with E-state index in [2.05, 4.69) is 42.1 Å². The standard InChI is InChI=1S/C21H21NO/c1-22-9-8-17-18(14-4-2-13(12-23)3-5-14)11-19-15-6-7-16(10-15)20(19)21(17)22/h2-5,8-9,11,15-16,23H,6-7,10,12H2,1H3. The van der Waals surface area contributed by atoms with Gasteiger partial charge in [-0.05, 0) is 71.0 Å². The third-order valence-corrected chi connectivity index (χ3v) is 5.96. The summed E-state index contributed by atoms with van der Waals surface area (Å²) in [5.74, 6) is 1.54. The van der Waals surface area contributed by atoms with Crippen molar-refractivity contribution < 1.29 is 5.11 Å². The van der Waals surface area contributed by atoms with Crippen LogP contribution in [-0.4, -0.2) is 9.67 Å². The van der Waals surface area contributed by atoms with E-state index in [1.807, 2.05) is 12.1 Å². The van der Waals surface area contributed by atoms with Gasteiger partial charge in [-0.1, -0.05) is 24.3 Å². The third-order valence-electron chi connectivity index (χ3n) is 5.96. The summed E-state index contributed by atoms with van der Waals surface area (Å²) < 4.78 is 2.31. The molecule has 23 heavy (non-hydrogen) atoms. The molecule has 1 saturated carbocycles. The van der Waals surface area contributed by atoms with E-state index in [4.69, 9.17) is 0 Å². The monoisotopic (exact) mass is 303 g/mol. The van der Waals surface area contributed by atoms with E-state index in [9.17, 15) is 5.11 Å². The molecule has 1 fully saturated rings. The molecule has 1 N–H and O–H groups in total. The van der Waals surface area contributed by atoms with Crippen LogP contribution in [0.4, 0.5) is 0 Å². The zero-order chi connectivity index (χ0) is 15.6. The fraction of sp³-hybridized carbons (Fsp3) is 0.333. The molecular formula is C21H21NO. The topological polar surface area (TPSA) is 25.2 Å². The van der Waals surface area contributed by atoms with E-state index in [0.29, 0.717) is 0 Å². The van der Waals surface area contributed by atoms with Crippen molar-refractivity contribution in [2.75, 3.05) is 0 Å². The van der Waals surface area contributed by atoms with Crippen LogP contribution in [0.25, 0.3) is 22.0 Å². The normalized spacial score (nSPS) is 22.0. The summed E-state index contributed by atoms with van der Waals surface area (Å²) in [5.41, 5.74) is 8.23. The van der Waals surface area contributed by atoms with Crippen molar-refractivity contribution in [2.24, 2.45) is 7.05 Å². The van der Waals surface area contributed by atoms with Crippen LogP contribution in [0, 0.1) is 0 Å². The molecule has 3 aromatic rings. The summed E-state index contributed by atoms with van der Waals surface area (Å²) in [4.78, 5) is 0. The molecule has 1 heterocycles. The van der Waals surface area contributed by atoms with Crippen molar-refractivity contribution in [3.8, 4) is 11.1 Å². The van der Waals surface area contributed by atoms with Gasteiger partial charge in [-0.15, -0.1) is 0 Å². The number of fused-ring (bicyclic) bond motifs is 7. The Balaban J connectivity index is 1.79. The highest BCUT2D eigenvalue weighted by Gasteiger charge is 2.39. The first kappa shape index (κ1) is 13.4. The van der Waals surface area contributed by atoms with Crippen LogP contribution in [-0.2, 0) is 13.7 Å². The quantitative estimate of drug-likeness (QED) is 0.729. The number of hydrogen-bond donors (Lipinski definition) is 1. The van der Waals surface area contributed by atoms with E-state index in [1.165, 1.54) is 41.3 Å². The van der Waals surface area contributed by atoms with E-state index in [0.717, 1.165) is 17.4 Å². The predicted octanol–water partition coefficient (Wildman–Crippen LogP) is 4.70. The molecule has 0 saturated heterocycles. The fourth-order valence-electron chi connectivity index (χ4n) is 4.85. The van der Waals surface area contributed by atoms with Gasteiger partial charge in [0.2, 0.25) is 0 Å². The van der Waals surface area contributed by atoms with Gasteiger partial charge in [-0.2, -0.15) is 0 Å². The Labute approximate surface area is 136 Å². The highest BCUT2D eigenvalue weighted by molar-refractivity contribution is 5.99. The Morgan fingerprint density at radius 3 is 2.65 bits per heavy atom. The molecule has 0 aliphatic heterocycles. The SMILES string of the molecule is Cn1ccc2c(-c3ccc(CO)cc3)cc3c(c21)C1CCC3C1. The molecule has 2 atom stereocenters. The molecule has 2 aliphatic rings. The molecule has 0 spiro atoms. The van der Waals surface area contributed by atoms with E-state index >= 15 is 0 Å². The van der Waals surface area contributed by atoms with Crippen LogP contribution in [0.1, 0.15) is 47.8 Å². The van der Waals surface area contributed by atoms with Gasteiger partial charge in [0.25, 0.3) is 0 Å². The Hall–Kier alpha value is -2.06. The summed E-state index contributed by atoms with van der Waals surface area (Å²) in [6, 6.07) is 13.1. The van der Waals surface area contributed by atoms with Gasteiger partial charge in [-0.25, -0.2) is 0 Å². The molecule has 116 valence electrons. The van der Waals surface area contributed by atoms with Crippen molar-refractivity contribution in [2.45, 2.75) is 37.7 Å². The van der Waals surface area contributed by atoms with Crippen molar-refractivity contribution in [1.82, 2.24) is 4.57 Å². The number of aromatic nitrogens is 1. The second-order valence-corrected chi connectivity index (χ2v) is 7.18. The number of hydrogen-bond acceptors (Lipinski definition) is 1. The van der Waals surface area contributed by atoms with E-state index in [-0.39, 0.29) is 6.61 Å². The zero-order valence-corrected chi connectivity index (χ0v) is 13.4. The number of aryl methyl sites for hydroxylation is 1. The zero-order valence-electron chi connectivity index (χ0n) is 13.4. The fourth-order valence-corrected chi connectivity index (χ4v) is 4.85. The van der Waals surface area contributed by atoms with Gasteiger partial charge < -0.3 is 9.67 Å². The summed E-state index contributed by atoms with van der Waals surface area (Å²) in [6.07, 6.45) is 6.27. The highest BCUT2D eigenvalue weighted by atomic mass is 16.3. The number of nitrogens with zero attached hydrogens (tertiary/aromatic N) is 1. The number of benzene rings is 2. The molecular weight excluding hydrogens is 282 g/mol. The first-order valence-electron chi connectivity index (χ1n) is 8.58. The third kappa shape index (κ3) is 1.79. The van der Waals surface area contributed by atoms with Gasteiger partial charge in [0, 0.05) is 18.6 Å². The second kappa shape index (κ2) is 4.72. The Bertz CT molecular complexity index is 904. The Morgan fingerprint density at radius 2 is 1.87 bits per heavy atom. The molecule has 2 aromatic carbocycles. The molecule has 2 bridgehead atoms. The van der Waals surface area contributed by atoms with Crippen LogP contribution in [0.5, 0.6) is 0 Å². The molecule has 0 radical (unpaired) electrons. The smallest absolute Gasteiger partial charge is 0.0681 e. The first-order valence-corrected chi connectivity index (χ1v) is 8.58. The van der Waals surface area contributed by atoms with Crippen LogP contribution in [0.2, 0.25) is 0 Å². The Morgan fingerprint density at radius 1 is 1.09 bits per heavy atom. The largest absolute Gasteiger partial charge is 0.392 e. The van der Waals surface area contributed by atoms with Gasteiger partial charge in [0.05, 0.1) is 12.1 Å². The van der Waals surface area contributed by atoms with Crippen LogP contribution in [0.15, 0.2) is 42.6 Å². The minimum absolute atomic E-state index is 0.106. The maximum absolute atomic E-state index is 9.27. The lowest BCUT2D eigenvalue weighted by atomic mass is 9.86. The Kier molecular flexibility index (Phi) is 2.75. The lowest BCUT2D eigenvalue weighted by Crippen LogP contribution is -2.02. The summed E-state index contributed by atoms with van der Waals surface area (Å²) in [5, 5.41) is 10.6. The van der Waals surface area contributed by atoms with E-state index < -0.39 is 0 Å². The summed E-state index contributed by atoms with van der Waals surface area (Å²) >= 11 is 0. The predicted molar refractivity (Wildman–Crippen MR) is 93.6 cm³/mol. The van der Waals surface area contributed by atoms with Crippen LogP contribution >= 0.6 is 0 Å². The lowest BCUT2D eigenvalue weighted by molar-refractivity contribution is 0.282. The summed E-state index contributed by atoms with van der Waals surface area (Å²) in [6.45, 7) is 0.106. The van der Waals surface area contributed by atoms with Crippen molar-refractivity contribution >= 4 is 10.9 Å². The first-order chi connectivity index (χ1) is 11.3. The van der Waals surface area contributed by atoms with Gasteiger partial charge in [-0.3, -0.25) is 0 Å². The van der Waals surface area contributed by atoms with Gasteiger partial charge >= 0.3 is 0 Å². The molecule has 5 rings (SSSR count). The minimum atomic E-state index is 0.106. The van der Waals surface area contributed by atoms with Crippen LogP contribution in [0.3, 0.4) is 0 Å². The number of rotatable bonds is 2. The van der Waals surface area contributed by atoms with Gasteiger partial charge in [0.15, 0.2) is 0 Å². The molecule has 2 unspecified atom stereocenters. The van der Waals surface area contributed by atoms with Crippen LogP contribution < -0.4 is 0 Å². The van der Waals surface area contributed by atoms with Crippen molar-refractivity contribution in [1.29, 1.82) is 0 Å². The minimum Gasteiger partial charge on any atom is -0.392 e. The summed E-state index contributed by atoms with van der Waals surface area (Å²) in [7, 11) is 2.17. The lowest BCUT2D eigenvalue weighted by Gasteiger charge is -2.19. The number of aliphatic hydroxyl groups excluding tert-OH is 1. The average molecular weight is 303 g/mol.